The van der Waals surface area contributed by atoms with E-state index in [0.717, 1.165) is 4.90 Å². The van der Waals surface area contributed by atoms with Crippen molar-refractivity contribution >= 4 is 53.1 Å². The molecule has 0 aromatic carbocycles. The van der Waals surface area contributed by atoms with Crippen molar-refractivity contribution in [3.63, 3.8) is 0 Å². The van der Waals surface area contributed by atoms with Gasteiger partial charge in [0.15, 0.2) is 17.4 Å². The van der Waals surface area contributed by atoms with E-state index in [2.05, 4.69) is 20.0 Å². The van der Waals surface area contributed by atoms with Crippen LogP contribution in [0.15, 0.2) is 6.33 Å². The highest BCUT2D eigenvalue weighted by Gasteiger charge is 2.54. The van der Waals surface area contributed by atoms with Crippen molar-refractivity contribution in [3.05, 3.63) is 6.33 Å². The van der Waals surface area contributed by atoms with Crippen LogP contribution in [-0.2, 0) is 28.2 Å². The SMILES string of the molecule is COc1nc(N)nc2c1ncn2[C@@H]1OC(CO[P@@](=O)(N[C@H](C)C(=O)OC(C)C)SCC2C(=O)N(C)C(=O)N2C)[C@@H](O)[C@@]1(C)O. The average Bonchev–Trinajstić information content (AvgIpc) is 3.52. The Bertz CT molecular complexity index is 1470. The molecule has 0 aliphatic carbocycles. The van der Waals surface area contributed by atoms with Crippen LogP contribution in [-0.4, -0.2) is 127 Å². The molecule has 2 aromatic rings. The van der Waals surface area contributed by atoms with Crippen LogP contribution in [0.25, 0.3) is 11.2 Å². The lowest BCUT2D eigenvalue weighted by molar-refractivity contribution is -0.149. The highest BCUT2D eigenvalue weighted by atomic mass is 32.7. The number of hydrogen-bond acceptors (Lipinski definition) is 15. The monoisotopic (exact) mass is 660 g/mol. The number of nitrogen functional groups attached to an aromatic ring is 1. The molecule has 18 nitrogen and oxygen atoms in total. The predicted molar refractivity (Wildman–Crippen MR) is 156 cm³/mol. The van der Waals surface area contributed by atoms with Crippen LogP contribution < -0.4 is 15.6 Å². The van der Waals surface area contributed by atoms with Gasteiger partial charge in [-0.3, -0.25) is 23.6 Å². The number of hydrogen-bond donors (Lipinski definition) is 4. The number of urea groups is 1. The van der Waals surface area contributed by atoms with Crippen molar-refractivity contribution < 1.29 is 47.9 Å². The molecule has 2 aliphatic heterocycles. The second-order valence-corrected chi connectivity index (χ2v) is 15.2. The Morgan fingerprint density at radius 3 is 2.57 bits per heavy atom. The third-order valence-electron chi connectivity index (χ3n) is 7.15. The van der Waals surface area contributed by atoms with Crippen molar-refractivity contribution in [2.24, 2.45) is 0 Å². The highest BCUT2D eigenvalue weighted by Crippen LogP contribution is 2.57. The van der Waals surface area contributed by atoms with Gasteiger partial charge in [0.25, 0.3) is 5.91 Å². The zero-order valence-corrected chi connectivity index (χ0v) is 26.9. The largest absolute Gasteiger partial charge is 0.479 e. The van der Waals surface area contributed by atoms with Crippen LogP contribution in [0, 0.1) is 0 Å². The lowest BCUT2D eigenvalue weighted by Gasteiger charge is -2.27. The number of amides is 3. The second-order valence-electron chi connectivity index (χ2n) is 10.8. The summed E-state index contributed by atoms with van der Waals surface area (Å²) in [6.45, 7) is 1.50. The van der Waals surface area contributed by atoms with Gasteiger partial charge in [0, 0.05) is 19.8 Å². The standard InChI is InChI=1S/C24H37N8O10PS/c1-11(2)41-20(35)12(3)29-43(38,44-9-13-19(34)31(6)23(36)30(13)5)40-8-14-16(33)24(4,37)21(42-14)32-10-26-15-17(32)27-22(25)28-18(15)39-7/h10-14,16,21,33,37H,8-9H2,1-7H3,(H,29,38)(H2,25,27,28)/t12-,13?,14?,16-,21-,24-,43+/m1/s1. The normalized spacial score (nSPS) is 27.8. The molecule has 2 aliphatic rings. The maximum absolute atomic E-state index is 14.1. The van der Waals surface area contributed by atoms with E-state index < -0.39 is 73.5 Å². The van der Waals surface area contributed by atoms with Crippen LogP contribution >= 0.6 is 18.1 Å². The Morgan fingerprint density at radius 2 is 1.98 bits per heavy atom. The van der Waals surface area contributed by atoms with E-state index in [-0.39, 0.29) is 28.7 Å². The topological polar surface area (TPSA) is 234 Å². The minimum Gasteiger partial charge on any atom is -0.479 e. The Balaban J connectivity index is 1.55. The van der Waals surface area contributed by atoms with Crippen molar-refractivity contribution in [2.45, 2.75) is 69.9 Å². The quantitative estimate of drug-likeness (QED) is 0.134. The van der Waals surface area contributed by atoms with Crippen molar-refractivity contribution in [1.29, 1.82) is 0 Å². The maximum Gasteiger partial charge on any atom is 0.327 e. The number of nitrogens with two attached hydrogens (primary N) is 1. The van der Waals surface area contributed by atoms with E-state index in [9.17, 15) is 29.2 Å². The average molecular weight is 661 g/mol. The van der Waals surface area contributed by atoms with E-state index >= 15 is 0 Å². The molecule has 2 unspecified atom stereocenters. The third kappa shape index (κ3) is 6.49. The molecular weight excluding hydrogens is 623 g/mol. The van der Waals surface area contributed by atoms with Crippen LogP contribution in [0.2, 0.25) is 0 Å². The number of methoxy groups -OCH3 is 1. The zero-order chi connectivity index (χ0) is 32.7. The first-order valence-corrected chi connectivity index (χ1v) is 16.7. The summed E-state index contributed by atoms with van der Waals surface area (Å²) in [7, 11) is 4.16. The highest BCUT2D eigenvalue weighted by molar-refractivity contribution is 8.56. The van der Waals surface area contributed by atoms with E-state index in [4.69, 9.17) is 24.5 Å². The number of nitrogens with zero attached hydrogens (tertiary/aromatic N) is 6. The van der Waals surface area contributed by atoms with Crippen LogP contribution in [0.3, 0.4) is 0 Å². The van der Waals surface area contributed by atoms with Crippen LogP contribution in [0.4, 0.5) is 10.7 Å². The molecule has 0 radical (unpaired) electrons. The number of aliphatic hydroxyl groups is 2. The molecule has 7 atom stereocenters. The number of aliphatic hydroxyl groups excluding tert-OH is 1. The summed E-state index contributed by atoms with van der Waals surface area (Å²) in [5.74, 6) is -1.36. The summed E-state index contributed by atoms with van der Waals surface area (Å²) in [6, 6.07) is -2.56. The molecule has 4 heterocycles. The number of nitrogens with one attached hydrogen (secondary N) is 1. The minimum atomic E-state index is -4.06. The summed E-state index contributed by atoms with van der Waals surface area (Å²) in [6.07, 6.45) is -3.16. The number of carbonyl (C=O) groups excluding carboxylic acids is 3. The fourth-order valence-electron chi connectivity index (χ4n) is 4.71. The van der Waals surface area contributed by atoms with Crippen molar-refractivity contribution in [3.8, 4) is 5.88 Å². The molecule has 5 N–H and O–H groups in total. The predicted octanol–water partition coefficient (Wildman–Crippen LogP) is 0.106. The van der Waals surface area contributed by atoms with Crippen LogP contribution in [0.5, 0.6) is 5.88 Å². The summed E-state index contributed by atoms with van der Waals surface area (Å²) in [4.78, 5) is 51.9. The van der Waals surface area contributed by atoms with Crippen LogP contribution in [0.1, 0.15) is 33.9 Å². The summed E-state index contributed by atoms with van der Waals surface area (Å²) < 4.78 is 37.6. The molecule has 0 saturated carbocycles. The van der Waals surface area contributed by atoms with E-state index in [1.54, 1.807) is 13.8 Å². The number of aromatic nitrogens is 4. The number of likely N-dealkylation sites (N-methyl/N-ethyl adjacent to an activating group) is 2. The fraction of sp³-hybridized carbons (Fsp3) is 0.667. The Hall–Kier alpha value is -3.06. The third-order valence-corrected chi connectivity index (χ3v) is 11.2. The minimum absolute atomic E-state index is 0.0951. The van der Waals surface area contributed by atoms with Gasteiger partial charge in [-0.15, -0.1) is 0 Å². The molecule has 0 bridgehead atoms. The van der Waals surface area contributed by atoms with Gasteiger partial charge < -0.3 is 39.6 Å². The Kier molecular flexibility index (Phi) is 9.80. The molecule has 244 valence electrons. The van der Waals surface area contributed by atoms with Gasteiger partial charge in [-0.2, -0.15) is 9.97 Å². The molecule has 3 amide bonds. The number of fused-ring (bicyclic) bond motifs is 1. The number of ether oxygens (including phenoxy) is 3. The molecule has 2 saturated heterocycles. The number of anilines is 1. The molecule has 0 spiro atoms. The first-order chi connectivity index (χ1) is 20.5. The summed E-state index contributed by atoms with van der Waals surface area (Å²) in [5, 5.41) is 25.0. The van der Waals surface area contributed by atoms with Gasteiger partial charge in [-0.25, -0.2) is 14.9 Å². The number of imide groups is 1. The number of rotatable bonds is 12. The lowest BCUT2D eigenvalue weighted by Crippen LogP contribution is -2.44. The van der Waals surface area contributed by atoms with Gasteiger partial charge in [-0.05, 0) is 27.7 Å². The van der Waals surface area contributed by atoms with Gasteiger partial charge in [-0.1, -0.05) is 11.4 Å². The molecular formula is C24H37N8O10PS. The molecule has 44 heavy (non-hydrogen) atoms. The Labute approximate surface area is 256 Å². The van der Waals surface area contributed by atoms with Gasteiger partial charge in [0.1, 0.15) is 29.9 Å². The molecule has 2 fully saturated rings. The first-order valence-electron chi connectivity index (χ1n) is 13.5. The zero-order valence-electron chi connectivity index (χ0n) is 25.2. The molecule has 2 aromatic heterocycles. The van der Waals surface area contributed by atoms with Gasteiger partial charge >= 0.3 is 18.7 Å². The van der Waals surface area contributed by atoms with Crippen molar-refractivity contribution in [1.82, 2.24) is 34.4 Å². The fourth-order valence-corrected chi connectivity index (χ4v) is 8.68. The molecule has 20 heteroatoms. The van der Waals surface area contributed by atoms with Gasteiger partial charge in [0.05, 0.1) is 26.1 Å². The van der Waals surface area contributed by atoms with E-state index in [0.29, 0.717) is 11.4 Å². The lowest BCUT2D eigenvalue weighted by atomic mass is 9.96. The smallest absolute Gasteiger partial charge is 0.327 e. The number of carbonyl (C=O) groups is 3. The molecule has 4 rings (SSSR count). The summed E-state index contributed by atoms with van der Waals surface area (Å²) >= 11 is 0.701. The maximum atomic E-state index is 14.1. The van der Waals surface area contributed by atoms with Gasteiger partial charge in [0.2, 0.25) is 11.8 Å². The Morgan fingerprint density at radius 1 is 1.30 bits per heavy atom. The second kappa shape index (κ2) is 12.7. The number of imidazole rings is 1. The first kappa shape index (κ1) is 33.8. The van der Waals surface area contributed by atoms with Crippen molar-refractivity contribution in [2.75, 3.05) is 39.3 Å². The number of esters is 1. The summed E-state index contributed by atoms with van der Waals surface area (Å²) in [5.41, 5.74) is 4.28. The van der Waals surface area contributed by atoms with E-state index in [1.165, 1.54) is 50.8 Å². The van der Waals surface area contributed by atoms with E-state index in [1.807, 2.05) is 0 Å².